The van der Waals surface area contributed by atoms with E-state index >= 15 is 0 Å². The van der Waals surface area contributed by atoms with Crippen LogP contribution in [0.4, 0.5) is 0 Å². The van der Waals surface area contributed by atoms with E-state index in [0.29, 0.717) is 5.75 Å². The van der Waals surface area contributed by atoms with Crippen LogP contribution in [0.25, 0.3) is 11.1 Å². The average Bonchev–Trinajstić information content (AvgIpc) is 2.56. The van der Waals surface area contributed by atoms with Gasteiger partial charge in [-0.1, -0.05) is 78.9 Å². The molecule has 0 aliphatic carbocycles. The highest BCUT2D eigenvalue weighted by molar-refractivity contribution is 5.71. The fourth-order valence-electron chi connectivity index (χ4n) is 2.57. The molecule has 0 saturated heterocycles. The highest BCUT2D eigenvalue weighted by atomic mass is 16.3. The minimum Gasteiger partial charge on any atom is -0.507 e. The summed E-state index contributed by atoms with van der Waals surface area (Å²) in [5.41, 5.74) is 4.25. The number of hydrogen-bond acceptors (Lipinski definition) is 1. The van der Waals surface area contributed by atoms with E-state index in [0.717, 1.165) is 29.5 Å². The van der Waals surface area contributed by atoms with Gasteiger partial charge in [-0.3, -0.25) is 0 Å². The summed E-state index contributed by atoms with van der Waals surface area (Å²) in [7, 11) is 0. The van der Waals surface area contributed by atoms with Crippen molar-refractivity contribution < 1.29 is 5.11 Å². The molecule has 0 amide bonds. The summed E-state index contributed by atoms with van der Waals surface area (Å²) in [5, 5.41) is 10.5. The molecular formula is C20H18O. The lowest BCUT2D eigenvalue weighted by Gasteiger charge is -2.10. The Labute approximate surface area is 125 Å². The molecule has 0 aliphatic rings. The summed E-state index contributed by atoms with van der Waals surface area (Å²) in [6.45, 7) is 0. The number of hydrogen-bond donors (Lipinski definition) is 1. The zero-order valence-corrected chi connectivity index (χ0v) is 11.9. The van der Waals surface area contributed by atoms with Gasteiger partial charge in [0, 0.05) is 5.56 Å². The normalized spacial score (nSPS) is 10.5. The number of phenols is 1. The van der Waals surface area contributed by atoms with Crippen molar-refractivity contribution in [1.29, 1.82) is 0 Å². The van der Waals surface area contributed by atoms with Crippen molar-refractivity contribution >= 4 is 0 Å². The van der Waals surface area contributed by atoms with Crippen molar-refractivity contribution in [2.45, 2.75) is 12.8 Å². The topological polar surface area (TPSA) is 20.2 Å². The van der Waals surface area contributed by atoms with Crippen LogP contribution in [-0.2, 0) is 12.8 Å². The predicted octanol–water partition coefficient (Wildman–Crippen LogP) is 4.84. The van der Waals surface area contributed by atoms with Crippen molar-refractivity contribution in [2.75, 3.05) is 0 Å². The second-order valence-electron chi connectivity index (χ2n) is 5.16. The summed E-state index contributed by atoms with van der Waals surface area (Å²) in [6, 6.07) is 26.4. The summed E-state index contributed by atoms with van der Waals surface area (Å²) >= 11 is 0. The Morgan fingerprint density at radius 3 is 2.00 bits per heavy atom. The van der Waals surface area contributed by atoms with Gasteiger partial charge in [0.05, 0.1) is 0 Å². The van der Waals surface area contributed by atoms with Crippen LogP contribution in [0.1, 0.15) is 11.1 Å². The Bertz CT molecular complexity index is 702. The average molecular weight is 274 g/mol. The van der Waals surface area contributed by atoms with E-state index in [1.54, 1.807) is 0 Å². The van der Waals surface area contributed by atoms with Gasteiger partial charge in [-0.25, -0.2) is 0 Å². The molecule has 0 radical (unpaired) electrons. The van der Waals surface area contributed by atoms with Gasteiger partial charge in [0.2, 0.25) is 0 Å². The third-order valence-corrected chi connectivity index (χ3v) is 3.73. The first-order valence-corrected chi connectivity index (χ1v) is 7.25. The first kappa shape index (κ1) is 13.4. The van der Waals surface area contributed by atoms with Crippen LogP contribution in [0.2, 0.25) is 0 Å². The maximum absolute atomic E-state index is 10.5. The smallest absolute Gasteiger partial charge is 0.126 e. The molecular weight excluding hydrogens is 256 g/mol. The molecule has 104 valence electrons. The first-order chi connectivity index (χ1) is 10.3. The number of rotatable bonds is 4. The van der Waals surface area contributed by atoms with E-state index in [4.69, 9.17) is 0 Å². The van der Waals surface area contributed by atoms with Gasteiger partial charge in [0.15, 0.2) is 0 Å². The third-order valence-electron chi connectivity index (χ3n) is 3.73. The molecule has 0 bridgehead atoms. The van der Waals surface area contributed by atoms with Crippen LogP contribution in [-0.4, -0.2) is 5.11 Å². The molecule has 0 aliphatic heterocycles. The molecule has 21 heavy (non-hydrogen) atoms. The lowest BCUT2D eigenvalue weighted by Crippen LogP contribution is -1.93. The maximum Gasteiger partial charge on any atom is 0.126 e. The quantitative estimate of drug-likeness (QED) is 0.721. The Balaban J connectivity index is 1.84. The standard InChI is InChI=1S/C20H18O/c21-20-18(15-14-16-8-3-1-4-9-16)12-7-13-19(20)17-10-5-2-6-11-17/h1-13,21H,14-15H2. The van der Waals surface area contributed by atoms with Crippen LogP contribution in [0.3, 0.4) is 0 Å². The van der Waals surface area contributed by atoms with Crippen molar-refractivity contribution in [3.05, 3.63) is 90.0 Å². The van der Waals surface area contributed by atoms with Crippen LogP contribution in [0.5, 0.6) is 5.75 Å². The highest BCUT2D eigenvalue weighted by Gasteiger charge is 2.08. The number of para-hydroxylation sites is 1. The molecule has 0 saturated carbocycles. The summed E-state index contributed by atoms with van der Waals surface area (Å²) in [6.07, 6.45) is 1.78. The Morgan fingerprint density at radius 1 is 0.619 bits per heavy atom. The van der Waals surface area contributed by atoms with Crippen molar-refractivity contribution in [2.24, 2.45) is 0 Å². The second kappa shape index (κ2) is 6.27. The van der Waals surface area contributed by atoms with Crippen molar-refractivity contribution in [1.82, 2.24) is 0 Å². The van der Waals surface area contributed by atoms with Crippen LogP contribution in [0.15, 0.2) is 78.9 Å². The first-order valence-electron chi connectivity index (χ1n) is 7.25. The van der Waals surface area contributed by atoms with Gasteiger partial charge in [-0.2, -0.15) is 0 Å². The molecule has 3 aromatic carbocycles. The van der Waals surface area contributed by atoms with Crippen LogP contribution in [0, 0.1) is 0 Å². The van der Waals surface area contributed by atoms with Gasteiger partial charge in [0.1, 0.15) is 5.75 Å². The van der Waals surface area contributed by atoms with E-state index in [-0.39, 0.29) is 0 Å². The largest absolute Gasteiger partial charge is 0.507 e. The lowest BCUT2D eigenvalue weighted by molar-refractivity contribution is 0.470. The fourth-order valence-corrected chi connectivity index (χ4v) is 2.57. The second-order valence-corrected chi connectivity index (χ2v) is 5.16. The summed E-state index contributed by atoms with van der Waals surface area (Å²) in [5.74, 6) is 0.402. The number of aromatic hydroxyl groups is 1. The Kier molecular flexibility index (Phi) is 4.02. The lowest BCUT2D eigenvalue weighted by atomic mass is 9.98. The molecule has 0 heterocycles. The van der Waals surface area contributed by atoms with Crippen molar-refractivity contribution in [3.8, 4) is 16.9 Å². The zero-order valence-electron chi connectivity index (χ0n) is 11.9. The molecule has 0 fully saturated rings. The van der Waals surface area contributed by atoms with E-state index in [1.807, 2.05) is 54.6 Å². The molecule has 1 nitrogen and oxygen atoms in total. The van der Waals surface area contributed by atoms with Crippen LogP contribution >= 0.6 is 0 Å². The third kappa shape index (κ3) is 3.14. The monoisotopic (exact) mass is 274 g/mol. The van der Waals surface area contributed by atoms with E-state index in [2.05, 4.69) is 24.3 Å². The Hall–Kier alpha value is -2.54. The maximum atomic E-state index is 10.5. The van der Waals surface area contributed by atoms with Gasteiger partial charge >= 0.3 is 0 Å². The Morgan fingerprint density at radius 2 is 1.29 bits per heavy atom. The predicted molar refractivity (Wildman–Crippen MR) is 87.4 cm³/mol. The van der Waals surface area contributed by atoms with Gasteiger partial charge < -0.3 is 5.11 Å². The molecule has 1 N–H and O–H groups in total. The fraction of sp³-hybridized carbons (Fsp3) is 0.100. The number of phenolic OH excluding ortho intramolecular Hbond substituents is 1. The molecule has 0 aromatic heterocycles. The minimum atomic E-state index is 0.402. The SMILES string of the molecule is Oc1c(CCc2ccccc2)cccc1-c1ccccc1. The summed E-state index contributed by atoms with van der Waals surface area (Å²) < 4.78 is 0. The molecule has 1 heteroatoms. The summed E-state index contributed by atoms with van der Waals surface area (Å²) in [4.78, 5) is 0. The van der Waals surface area contributed by atoms with Gasteiger partial charge in [-0.05, 0) is 29.5 Å². The van der Waals surface area contributed by atoms with Gasteiger partial charge in [0.25, 0.3) is 0 Å². The van der Waals surface area contributed by atoms with Crippen LogP contribution < -0.4 is 0 Å². The minimum absolute atomic E-state index is 0.402. The molecule has 3 aromatic rings. The molecule has 0 unspecified atom stereocenters. The highest BCUT2D eigenvalue weighted by Crippen LogP contribution is 2.32. The van der Waals surface area contributed by atoms with Gasteiger partial charge in [-0.15, -0.1) is 0 Å². The number of aryl methyl sites for hydroxylation is 2. The molecule has 0 spiro atoms. The van der Waals surface area contributed by atoms with Crippen molar-refractivity contribution in [3.63, 3.8) is 0 Å². The van der Waals surface area contributed by atoms with E-state index in [9.17, 15) is 5.11 Å². The van der Waals surface area contributed by atoms with E-state index in [1.165, 1.54) is 5.56 Å². The molecule has 0 atom stereocenters. The number of benzene rings is 3. The molecule has 3 rings (SSSR count). The zero-order chi connectivity index (χ0) is 14.5. The van der Waals surface area contributed by atoms with E-state index < -0.39 is 0 Å².